The normalized spacial score (nSPS) is 46.2. The van der Waals surface area contributed by atoms with Crippen LogP contribution >= 0.6 is 0 Å². The number of nitrogens with zero attached hydrogens (tertiary/aromatic N) is 1. The Morgan fingerprint density at radius 1 is 1.05 bits per heavy atom. The van der Waals surface area contributed by atoms with Crippen molar-refractivity contribution in [2.45, 2.75) is 105 Å². The van der Waals surface area contributed by atoms with Crippen molar-refractivity contribution in [3.8, 4) is 6.07 Å². The molecule has 5 aliphatic rings. The summed E-state index contributed by atoms with van der Waals surface area (Å²) in [5, 5.41) is 13.2. The van der Waals surface area contributed by atoms with Gasteiger partial charge in [-0.15, -0.1) is 0 Å². The van der Waals surface area contributed by atoms with E-state index in [1.807, 2.05) is 26.0 Å². The number of amides is 1. The minimum atomic E-state index is -0.480. The van der Waals surface area contributed by atoms with E-state index in [-0.39, 0.29) is 68.5 Å². The van der Waals surface area contributed by atoms with Crippen LogP contribution in [-0.2, 0) is 14.4 Å². The Balaban J connectivity index is 1.66. The Hall–Kier alpha value is -2.22. The van der Waals surface area contributed by atoms with Gasteiger partial charge in [-0.25, -0.2) is 0 Å². The van der Waals surface area contributed by atoms with E-state index in [1.54, 1.807) is 0 Å². The van der Waals surface area contributed by atoms with Gasteiger partial charge in [0.1, 0.15) is 6.07 Å². The summed E-state index contributed by atoms with van der Waals surface area (Å²) in [6.45, 7) is 15.3. The van der Waals surface area contributed by atoms with Crippen LogP contribution in [0.3, 0.4) is 0 Å². The van der Waals surface area contributed by atoms with Crippen LogP contribution in [0.4, 0.5) is 0 Å². The number of hydrogen-bond donors (Lipinski definition) is 1. The Kier molecular flexibility index (Phi) is 5.81. The Bertz CT molecular complexity index is 1170. The number of nitrogens with one attached hydrogen (secondary N) is 1. The van der Waals surface area contributed by atoms with Crippen molar-refractivity contribution in [1.82, 2.24) is 5.32 Å². The van der Waals surface area contributed by atoms with Gasteiger partial charge in [0.15, 0.2) is 11.6 Å². The molecule has 0 radical (unpaired) electrons. The zero-order valence-electron chi connectivity index (χ0n) is 23.8. The van der Waals surface area contributed by atoms with Crippen LogP contribution in [0.5, 0.6) is 0 Å². The molecule has 3 unspecified atom stereocenters. The van der Waals surface area contributed by atoms with Crippen molar-refractivity contribution >= 4 is 17.5 Å². The Morgan fingerprint density at radius 3 is 2.38 bits per heavy atom. The molecule has 5 aliphatic carbocycles. The lowest BCUT2D eigenvalue weighted by atomic mass is 9.36. The molecule has 0 aromatic rings. The van der Waals surface area contributed by atoms with Crippen molar-refractivity contribution in [3.05, 3.63) is 23.3 Å². The third-order valence-electron chi connectivity index (χ3n) is 12.2. The van der Waals surface area contributed by atoms with Crippen LogP contribution in [0.15, 0.2) is 23.3 Å². The maximum absolute atomic E-state index is 14.4. The first kappa shape index (κ1) is 26.4. The molecule has 0 aliphatic heterocycles. The lowest BCUT2D eigenvalue weighted by Crippen LogP contribution is -2.69. The molecule has 3 fully saturated rings. The second kappa shape index (κ2) is 8.14. The van der Waals surface area contributed by atoms with E-state index in [9.17, 15) is 19.6 Å². The van der Waals surface area contributed by atoms with Crippen molar-refractivity contribution in [3.63, 3.8) is 0 Å². The molecule has 37 heavy (non-hydrogen) atoms. The van der Waals surface area contributed by atoms with Crippen molar-refractivity contribution in [2.75, 3.05) is 0 Å². The first-order valence-corrected chi connectivity index (χ1v) is 14.4. The molecule has 1 amide bonds. The minimum Gasteiger partial charge on any atom is -0.350 e. The molecular formula is C32H44N2O3. The molecule has 5 heteroatoms. The maximum atomic E-state index is 14.4. The standard InChI is InChI=1S/C32H44N2O3/c1-8-25(36)34-32-13-11-28(3,4)17-22(32)26-23(35)15-24-29(5)16-20(18-33)27(37)19(2)21(29)9-10-30(24,6)31(26,7)12-14-32/h15-16,19,21-22,26H,8-14,17H2,1-7H3,(H,34,36)/t19-,21?,22?,26?,29+,30-,31-,32+/m1/s1. The average molecular weight is 505 g/mol. The van der Waals surface area contributed by atoms with Crippen LogP contribution in [0.25, 0.3) is 0 Å². The van der Waals surface area contributed by atoms with Gasteiger partial charge in [0, 0.05) is 29.2 Å². The van der Waals surface area contributed by atoms with E-state index >= 15 is 0 Å². The van der Waals surface area contributed by atoms with Crippen LogP contribution in [0, 0.1) is 56.7 Å². The van der Waals surface area contributed by atoms with E-state index in [2.05, 4.69) is 46.0 Å². The highest BCUT2D eigenvalue weighted by molar-refractivity contribution is 6.02. The van der Waals surface area contributed by atoms with Crippen molar-refractivity contribution in [1.29, 1.82) is 5.26 Å². The van der Waals surface area contributed by atoms with E-state index in [4.69, 9.17) is 0 Å². The largest absolute Gasteiger partial charge is 0.350 e. The summed E-state index contributed by atoms with van der Waals surface area (Å²) in [5.41, 5.74) is 0.253. The highest BCUT2D eigenvalue weighted by Crippen LogP contribution is 2.72. The summed E-state index contributed by atoms with van der Waals surface area (Å²) >= 11 is 0. The number of carbonyl (C=O) groups is 3. The van der Waals surface area contributed by atoms with E-state index in [0.717, 1.165) is 50.5 Å². The summed E-state index contributed by atoms with van der Waals surface area (Å²) in [4.78, 5) is 40.0. The second-order valence-electron chi connectivity index (χ2n) is 14.5. The summed E-state index contributed by atoms with van der Waals surface area (Å²) in [6.07, 6.45) is 10.9. The monoisotopic (exact) mass is 504 g/mol. The third kappa shape index (κ3) is 3.43. The number of rotatable bonds is 2. The molecule has 8 atom stereocenters. The van der Waals surface area contributed by atoms with Gasteiger partial charge in [0.2, 0.25) is 5.91 Å². The highest BCUT2D eigenvalue weighted by Gasteiger charge is 2.69. The first-order valence-electron chi connectivity index (χ1n) is 14.4. The molecular weight excluding hydrogens is 460 g/mol. The number of hydrogen-bond acceptors (Lipinski definition) is 4. The zero-order valence-corrected chi connectivity index (χ0v) is 23.8. The number of carbonyl (C=O) groups excluding carboxylic acids is 3. The number of nitriles is 1. The summed E-state index contributed by atoms with van der Waals surface area (Å²) < 4.78 is 0. The third-order valence-corrected chi connectivity index (χ3v) is 12.2. The molecule has 3 saturated carbocycles. The van der Waals surface area contributed by atoms with E-state index in [0.29, 0.717) is 6.42 Å². The predicted octanol–water partition coefficient (Wildman–Crippen LogP) is 6.09. The van der Waals surface area contributed by atoms with Crippen molar-refractivity contribution in [2.24, 2.45) is 45.3 Å². The van der Waals surface area contributed by atoms with Gasteiger partial charge in [0.25, 0.3) is 0 Å². The Morgan fingerprint density at radius 2 is 1.73 bits per heavy atom. The van der Waals surface area contributed by atoms with E-state index in [1.165, 1.54) is 0 Å². The van der Waals surface area contributed by atoms with Crippen molar-refractivity contribution < 1.29 is 14.4 Å². The molecule has 5 rings (SSSR count). The van der Waals surface area contributed by atoms with E-state index < -0.39 is 5.41 Å². The van der Waals surface area contributed by atoms with Crippen LogP contribution in [0.1, 0.15) is 99.8 Å². The smallest absolute Gasteiger partial charge is 0.220 e. The fourth-order valence-corrected chi connectivity index (χ4v) is 9.84. The fourth-order valence-electron chi connectivity index (χ4n) is 9.84. The molecule has 5 nitrogen and oxygen atoms in total. The topological polar surface area (TPSA) is 87.0 Å². The van der Waals surface area contributed by atoms with Gasteiger partial charge in [-0.3, -0.25) is 14.4 Å². The second-order valence-corrected chi connectivity index (χ2v) is 14.5. The fraction of sp³-hybridized carbons (Fsp3) is 0.750. The van der Waals surface area contributed by atoms with Crippen LogP contribution in [-0.4, -0.2) is 23.0 Å². The van der Waals surface area contributed by atoms with Gasteiger partial charge in [-0.05, 0) is 79.1 Å². The van der Waals surface area contributed by atoms with Gasteiger partial charge in [-0.1, -0.05) is 60.1 Å². The van der Waals surface area contributed by atoms with Crippen LogP contribution in [0.2, 0.25) is 0 Å². The average Bonchev–Trinajstić information content (AvgIpc) is 2.83. The minimum absolute atomic E-state index is 0.0565. The number of allylic oxidation sites excluding steroid dienone is 4. The Labute approximate surface area is 222 Å². The molecule has 0 bridgehead atoms. The maximum Gasteiger partial charge on any atom is 0.220 e. The molecule has 0 heterocycles. The summed E-state index contributed by atoms with van der Waals surface area (Å²) in [6, 6.07) is 2.16. The number of Topliss-reactive ketones (excluding diaryl/α,β-unsaturated/α-hetero) is 1. The highest BCUT2D eigenvalue weighted by atomic mass is 16.2. The SMILES string of the molecule is CCC(=O)N[C@]12CCC(C)(C)CC1C1C(=O)C=C3[C@@]4(C)C=C(C#N)C(=O)[C@H](C)C4CC[C@@]3(C)[C@]1(C)CC2. The lowest BCUT2D eigenvalue weighted by molar-refractivity contribution is -0.162. The lowest BCUT2D eigenvalue weighted by Gasteiger charge is -2.68. The molecule has 0 aromatic carbocycles. The predicted molar refractivity (Wildman–Crippen MR) is 143 cm³/mol. The number of fused-ring (bicyclic) bond motifs is 7. The molecule has 200 valence electrons. The molecule has 1 N–H and O–H groups in total. The van der Waals surface area contributed by atoms with Gasteiger partial charge >= 0.3 is 0 Å². The summed E-state index contributed by atoms with van der Waals surface area (Å²) in [7, 11) is 0. The van der Waals surface area contributed by atoms with Gasteiger partial charge in [-0.2, -0.15) is 5.26 Å². The molecule has 0 spiro atoms. The first-order chi connectivity index (χ1) is 17.2. The van der Waals surface area contributed by atoms with Crippen LogP contribution < -0.4 is 5.32 Å². The number of ketones is 2. The van der Waals surface area contributed by atoms with Gasteiger partial charge < -0.3 is 5.32 Å². The van der Waals surface area contributed by atoms with Gasteiger partial charge in [0.05, 0.1) is 5.57 Å². The zero-order chi connectivity index (χ0) is 27.2. The molecule has 0 aromatic heterocycles. The summed E-state index contributed by atoms with van der Waals surface area (Å²) in [5.74, 6) is 0.0543. The quantitative estimate of drug-likeness (QED) is 0.493. The molecule has 0 saturated heterocycles.